The van der Waals surface area contributed by atoms with Crippen molar-refractivity contribution in [1.82, 2.24) is 5.32 Å². The Balaban J connectivity index is 1.88. The maximum atomic E-state index is 6.19. The Hall–Kier alpha value is -0.530. The van der Waals surface area contributed by atoms with Crippen LogP contribution in [0, 0.1) is 5.92 Å². The molecule has 0 aromatic heterocycles. The van der Waals surface area contributed by atoms with Gasteiger partial charge in [-0.15, -0.1) is 0 Å². The van der Waals surface area contributed by atoms with Crippen LogP contribution in [0.25, 0.3) is 0 Å². The van der Waals surface area contributed by atoms with Gasteiger partial charge in [-0.25, -0.2) is 0 Å². The molecule has 98 valence electrons. The van der Waals surface area contributed by atoms with Gasteiger partial charge in [0.05, 0.1) is 0 Å². The highest BCUT2D eigenvalue weighted by Crippen LogP contribution is 2.46. The summed E-state index contributed by atoms with van der Waals surface area (Å²) >= 11 is 6.19. The van der Waals surface area contributed by atoms with Gasteiger partial charge in [0.1, 0.15) is 0 Å². The number of hydrogen-bond donors (Lipinski definition) is 1. The van der Waals surface area contributed by atoms with E-state index in [2.05, 4.69) is 30.4 Å². The summed E-state index contributed by atoms with van der Waals surface area (Å²) in [5, 5.41) is 4.62. The lowest BCUT2D eigenvalue weighted by molar-refractivity contribution is 0.316. The maximum absolute atomic E-state index is 6.19. The minimum atomic E-state index is 0.313. The van der Waals surface area contributed by atoms with E-state index in [-0.39, 0.29) is 0 Å². The molecule has 1 aromatic rings. The van der Waals surface area contributed by atoms with Crippen LogP contribution in [-0.2, 0) is 5.41 Å². The van der Waals surface area contributed by atoms with Crippen molar-refractivity contribution < 1.29 is 0 Å². The Morgan fingerprint density at radius 1 is 1.33 bits per heavy atom. The van der Waals surface area contributed by atoms with Gasteiger partial charge in [-0.2, -0.15) is 0 Å². The summed E-state index contributed by atoms with van der Waals surface area (Å²) in [5.74, 6) is 0.752. The lowest BCUT2D eigenvalue weighted by atomic mass is 9.73. The third-order valence-corrected chi connectivity index (χ3v) is 5.12. The normalized spacial score (nSPS) is 31.8. The molecule has 2 aliphatic rings. The first-order valence-electron chi connectivity index (χ1n) is 7.20. The minimum absolute atomic E-state index is 0.313. The Bertz CT molecular complexity index is 427. The van der Waals surface area contributed by atoms with Crippen molar-refractivity contribution in [2.24, 2.45) is 5.92 Å². The number of nitrogens with one attached hydrogen (secondary N) is 1. The Morgan fingerprint density at radius 2 is 2.17 bits per heavy atom. The minimum Gasteiger partial charge on any atom is -0.313 e. The van der Waals surface area contributed by atoms with Crippen LogP contribution >= 0.6 is 11.6 Å². The lowest BCUT2D eigenvalue weighted by Gasteiger charge is -2.35. The molecule has 0 amide bonds. The van der Waals surface area contributed by atoms with E-state index >= 15 is 0 Å². The number of halogens is 1. The van der Waals surface area contributed by atoms with E-state index < -0.39 is 0 Å². The van der Waals surface area contributed by atoms with Crippen LogP contribution < -0.4 is 5.32 Å². The number of rotatable bonds is 4. The zero-order valence-electron chi connectivity index (χ0n) is 11.1. The first-order valence-corrected chi connectivity index (χ1v) is 7.58. The van der Waals surface area contributed by atoms with Crippen molar-refractivity contribution in [3.8, 4) is 0 Å². The molecule has 0 bridgehead atoms. The summed E-state index contributed by atoms with van der Waals surface area (Å²) in [7, 11) is 0. The SMILES string of the molecule is CC1CCCC1(CNC1CC1)c1cccc(Cl)c1. The molecular formula is C16H22ClN. The highest BCUT2D eigenvalue weighted by atomic mass is 35.5. The fraction of sp³-hybridized carbons (Fsp3) is 0.625. The van der Waals surface area contributed by atoms with Gasteiger partial charge >= 0.3 is 0 Å². The van der Waals surface area contributed by atoms with Crippen molar-refractivity contribution in [3.05, 3.63) is 34.9 Å². The second-order valence-electron chi connectivity index (χ2n) is 6.11. The molecule has 0 radical (unpaired) electrons. The fourth-order valence-electron chi connectivity index (χ4n) is 3.45. The summed E-state index contributed by atoms with van der Waals surface area (Å²) in [6, 6.07) is 9.31. The van der Waals surface area contributed by atoms with Gasteiger partial charge in [-0.3, -0.25) is 0 Å². The monoisotopic (exact) mass is 263 g/mol. The zero-order valence-corrected chi connectivity index (χ0v) is 11.8. The van der Waals surface area contributed by atoms with Crippen LogP contribution in [0.5, 0.6) is 0 Å². The molecule has 2 unspecified atom stereocenters. The molecule has 2 fully saturated rings. The summed E-state index contributed by atoms with van der Waals surface area (Å²) in [5.41, 5.74) is 1.75. The summed E-state index contributed by atoms with van der Waals surface area (Å²) in [4.78, 5) is 0. The van der Waals surface area contributed by atoms with Crippen LogP contribution in [0.2, 0.25) is 5.02 Å². The van der Waals surface area contributed by atoms with E-state index in [1.807, 2.05) is 6.07 Å². The van der Waals surface area contributed by atoms with Crippen LogP contribution in [-0.4, -0.2) is 12.6 Å². The molecule has 2 atom stereocenters. The average molecular weight is 264 g/mol. The van der Waals surface area contributed by atoms with Gasteiger partial charge in [0, 0.05) is 23.0 Å². The van der Waals surface area contributed by atoms with Crippen LogP contribution in [0.15, 0.2) is 24.3 Å². The van der Waals surface area contributed by atoms with Gasteiger partial charge in [-0.05, 0) is 49.3 Å². The summed E-state index contributed by atoms with van der Waals surface area (Å²) in [6.07, 6.45) is 6.72. The highest BCUT2D eigenvalue weighted by Gasteiger charge is 2.42. The second-order valence-corrected chi connectivity index (χ2v) is 6.55. The quantitative estimate of drug-likeness (QED) is 0.861. The number of hydrogen-bond acceptors (Lipinski definition) is 1. The second kappa shape index (κ2) is 4.86. The number of benzene rings is 1. The Morgan fingerprint density at radius 3 is 2.78 bits per heavy atom. The van der Waals surface area contributed by atoms with Gasteiger partial charge in [-0.1, -0.05) is 37.1 Å². The highest BCUT2D eigenvalue weighted by molar-refractivity contribution is 6.30. The third-order valence-electron chi connectivity index (χ3n) is 4.89. The molecule has 2 aliphatic carbocycles. The van der Waals surface area contributed by atoms with E-state index in [4.69, 9.17) is 11.6 Å². The van der Waals surface area contributed by atoms with Crippen LogP contribution in [0.1, 0.15) is 44.6 Å². The smallest absolute Gasteiger partial charge is 0.0408 e. The standard InChI is InChI=1S/C16H22ClN/c1-12-4-3-9-16(12,11-18-15-7-8-15)13-5-2-6-14(17)10-13/h2,5-6,10,12,15,18H,3-4,7-9,11H2,1H3. The summed E-state index contributed by atoms with van der Waals surface area (Å²) in [6.45, 7) is 3.53. The zero-order chi connectivity index (χ0) is 12.6. The average Bonchev–Trinajstić information content (AvgIpc) is 3.11. The maximum Gasteiger partial charge on any atom is 0.0408 e. The molecular weight excluding hydrogens is 242 g/mol. The molecule has 2 heteroatoms. The molecule has 3 rings (SSSR count). The molecule has 0 aliphatic heterocycles. The predicted molar refractivity (Wildman–Crippen MR) is 77.2 cm³/mol. The van der Waals surface area contributed by atoms with Gasteiger partial charge in [0.15, 0.2) is 0 Å². The van der Waals surface area contributed by atoms with E-state index in [0.29, 0.717) is 5.41 Å². The molecule has 0 heterocycles. The molecule has 0 saturated heterocycles. The predicted octanol–water partition coefficient (Wildman–Crippen LogP) is 4.15. The van der Waals surface area contributed by atoms with Gasteiger partial charge in [0.25, 0.3) is 0 Å². The van der Waals surface area contributed by atoms with Crippen LogP contribution in [0.4, 0.5) is 0 Å². The Labute approximate surface area is 115 Å². The fourth-order valence-corrected chi connectivity index (χ4v) is 3.64. The topological polar surface area (TPSA) is 12.0 Å². The third kappa shape index (κ3) is 2.31. The van der Waals surface area contributed by atoms with Crippen molar-refractivity contribution in [2.45, 2.75) is 50.5 Å². The molecule has 1 aromatic carbocycles. The largest absolute Gasteiger partial charge is 0.313 e. The van der Waals surface area contributed by atoms with E-state index in [0.717, 1.165) is 23.5 Å². The molecule has 0 spiro atoms. The van der Waals surface area contributed by atoms with Crippen LogP contribution in [0.3, 0.4) is 0 Å². The first-order chi connectivity index (χ1) is 8.71. The van der Waals surface area contributed by atoms with Gasteiger partial charge in [0.2, 0.25) is 0 Å². The van der Waals surface area contributed by atoms with E-state index in [1.165, 1.54) is 37.7 Å². The molecule has 2 saturated carbocycles. The lowest BCUT2D eigenvalue weighted by Crippen LogP contribution is -2.41. The molecule has 1 N–H and O–H groups in total. The molecule has 18 heavy (non-hydrogen) atoms. The van der Waals surface area contributed by atoms with Crippen molar-refractivity contribution in [3.63, 3.8) is 0 Å². The van der Waals surface area contributed by atoms with Crippen molar-refractivity contribution in [2.75, 3.05) is 6.54 Å². The first kappa shape index (κ1) is 12.5. The van der Waals surface area contributed by atoms with Gasteiger partial charge < -0.3 is 5.32 Å². The van der Waals surface area contributed by atoms with Crippen molar-refractivity contribution >= 4 is 11.6 Å². The van der Waals surface area contributed by atoms with Crippen molar-refractivity contribution in [1.29, 1.82) is 0 Å². The molecule has 1 nitrogen and oxygen atoms in total. The van der Waals surface area contributed by atoms with E-state index in [1.54, 1.807) is 0 Å². The van der Waals surface area contributed by atoms with E-state index in [9.17, 15) is 0 Å². The Kier molecular flexibility index (Phi) is 3.38. The summed E-state index contributed by atoms with van der Waals surface area (Å²) < 4.78 is 0.